The molecule has 1 unspecified atom stereocenters. The Kier molecular flexibility index (Phi) is 7.17. The molecule has 2 aliphatic heterocycles. The van der Waals surface area contributed by atoms with Crippen molar-refractivity contribution in [2.45, 2.75) is 20.3 Å². The first-order valence-corrected chi connectivity index (χ1v) is 11.4. The zero-order valence-corrected chi connectivity index (χ0v) is 19.7. The van der Waals surface area contributed by atoms with Crippen LogP contribution in [0.15, 0.2) is 58.3 Å². The molecule has 34 heavy (non-hydrogen) atoms. The minimum absolute atomic E-state index is 0.0725. The molecule has 10 nitrogen and oxygen atoms in total. The second-order valence-corrected chi connectivity index (χ2v) is 8.70. The Bertz CT molecular complexity index is 1140. The summed E-state index contributed by atoms with van der Waals surface area (Å²) >= 11 is 0. The van der Waals surface area contributed by atoms with Gasteiger partial charge in [-0.25, -0.2) is 4.99 Å². The zero-order chi connectivity index (χ0) is 24.1. The first-order chi connectivity index (χ1) is 16.4. The average molecular weight is 463 g/mol. The molecule has 178 valence electrons. The number of rotatable bonds is 5. The van der Waals surface area contributed by atoms with E-state index in [0.717, 1.165) is 55.4 Å². The highest BCUT2D eigenvalue weighted by Gasteiger charge is 2.20. The number of hydrogen-bond acceptors (Lipinski definition) is 8. The fraction of sp³-hybridized carbons (Fsp3) is 0.375. The van der Waals surface area contributed by atoms with Crippen LogP contribution in [0.4, 0.5) is 11.5 Å². The summed E-state index contributed by atoms with van der Waals surface area (Å²) in [5, 5.41) is 21.4. The average Bonchev–Trinajstić information content (AvgIpc) is 3.23. The van der Waals surface area contributed by atoms with Crippen molar-refractivity contribution < 1.29 is 4.92 Å². The van der Waals surface area contributed by atoms with Crippen molar-refractivity contribution in [1.82, 2.24) is 20.0 Å². The Morgan fingerprint density at radius 3 is 2.53 bits per heavy atom. The van der Waals surface area contributed by atoms with Crippen molar-refractivity contribution in [3.63, 3.8) is 0 Å². The molecule has 10 heteroatoms. The number of aromatic nitrogens is 2. The van der Waals surface area contributed by atoms with Crippen LogP contribution in [0.3, 0.4) is 0 Å². The van der Waals surface area contributed by atoms with E-state index in [4.69, 9.17) is 9.98 Å². The number of allylic oxidation sites excluding steroid dienone is 2. The van der Waals surface area contributed by atoms with Gasteiger partial charge in [-0.3, -0.25) is 15.2 Å². The molecule has 0 bridgehead atoms. The largest absolute Gasteiger partial charge is 0.354 e. The van der Waals surface area contributed by atoms with E-state index in [-0.39, 0.29) is 11.6 Å². The van der Waals surface area contributed by atoms with Crippen molar-refractivity contribution in [2.24, 2.45) is 15.9 Å². The third-order valence-electron chi connectivity index (χ3n) is 5.94. The highest BCUT2D eigenvalue weighted by atomic mass is 16.6. The number of non-ortho nitro benzene ring substituents is 1. The lowest BCUT2D eigenvalue weighted by atomic mass is 9.99. The van der Waals surface area contributed by atoms with Crippen LogP contribution in [0.25, 0.3) is 6.08 Å². The smallest absolute Gasteiger partial charge is 0.269 e. The molecule has 2 N–H and O–H groups in total. The Hall–Kier alpha value is -3.79. The molecule has 0 amide bonds. The third kappa shape index (κ3) is 5.96. The van der Waals surface area contributed by atoms with E-state index in [0.29, 0.717) is 11.8 Å². The lowest BCUT2D eigenvalue weighted by Crippen LogP contribution is -2.43. The summed E-state index contributed by atoms with van der Waals surface area (Å²) in [5.41, 5.74) is 2.75. The molecular formula is C24H30N8O2. The molecule has 1 atom stereocenters. The van der Waals surface area contributed by atoms with Gasteiger partial charge >= 0.3 is 0 Å². The molecule has 0 aliphatic carbocycles. The Morgan fingerprint density at radius 1 is 1.15 bits per heavy atom. The van der Waals surface area contributed by atoms with Gasteiger partial charge in [0.25, 0.3) is 5.69 Å². The van der Waals surface area contributed by atoms with Crippen molar-refractivity contribution in [2.75, 3.05) is 38.5 Å². The second-order valence-electron chi connectivity index (χ2n) is 8.70. The summed E-state index contributed by atoms with van der Waals surface area (Å²) in [5.74, 6) is 2.22. The lowest BCUT2D eigenvalue weighted by molar-refractivity contribution is -0.384. The van der Waals surface area contributed by atoms with Crippen LogP contribution in [-0.2, 0) is 0 Å². The third-order valence-corrected chi connectivity index (χ3v) is 5.94. The number of anilines is 1. The number of likely N-dealkylation sites (N-methyl/N-ethyl adjacent to an activating group) is 1. The Balaban J connectivity index is 1.62. The van der Waals surface area contributed by atoms with E-state index in [1.54, 1.807) is 12.1 Å². The summed E-state index contributed by atoms with van der Waals surface area (Å²) in [6.45, 7) is 7.92. The van der Waals surface area contributed by atoms with Crippen LogP contribution in [0, 0.1) is 23.0 Å². The molecule has 0 saturated carbocycles. The first kappa shape index (κ1) is 23.4. The summed E-state index contributed by atoms with van der Waals surface area (Å²) < 4.78 is 0. The number of guanidine groups is 1. The van der Waals surface area contributed by atoms with E-state index in [9.17, 15) is 10.1 Å². The van der Waals surface area contributed by atoms with Crippen molar-refractivity contribution >= 4 is 29.3 Å². The Labute approximate surface area is 198 Å². The molecule has 2 aromatic rings. The van der Waals surface area contributed by atoms with Gasteiger partial charge < -0.3 is 15.1 Å². The maximum Gasteiger partial charge on any atom is 0.269 e. The quantitative estimate of drug-likeness (QED) is 0.517. The fourth-order valence-electron chi connectivity index (χ4n) is 3.79. The van der Waals surface area contributed by atoms with Gasteiger partial charge in [0.1, 0.15) is 5.82 Å². The molecular weight excluding hydrogens is 432 g/mol. The lowest BCUT2D eigenvalue weighted by Gasteiger charge is -2.34. The predicted octanol–water partition coefficient (Wildman–Crippen LogP) is 3.68. The highest BCUT2D eigenvalue weighted by Crippen LogP contribution is 2.20. The summed E-state index contributed by atoms with van der Waals surface area (Å²) in [7, 11) is 2.13. The number of aromatic amines is 1. The minimum atomic E-state index is -0.399. The van der Waals surface area contributed by atoms with Gasteiger partial charge in [0.2, 0.25) is 5.96 Å². The van der Waals surface area contributed by atoms with Crippen LogP contribution < -0.4 is 5.32 Å². The topological polar surface area (TPSA) is 115 Å². The fourth-order valence-corrected chi connectivity index (χ4v) is 3.79. The predicted molar refractivity (Wildman–Crippen MR) is 135 cm³/mol. The maximum absolute atomic E-state index is 10.9. The van der Waals surface area contributed by atoms with E-state index in [1.165, 1.54) is 12.1 Å². The summed E-state index contributed by atoms with van der Waals surface area (Å²) in [6.07, 6.45) is 6.86. The minimum Gasteiger partial charge on any atom is -0.354 e. The number of nitro groups is 1. The SMILES string of the molecule is Cc1cc(NC2=N/C(N3CCN(C)CC3)=C/CC(C)C(/C=C/c3ccc([N+](=O)[O-])cc3)=N2)n[nH]1. The molecule has 0 radical (unpaired) electrons. The molecule has 3 heterocycles. The number of nitrogens with zero attached hydrogens (tertiary/aromatic N) is 6. The van der Waals surface area contributed by atoms with Gasteiger partial charge in [0.05, 0.1) is 4.92 Å². The van der Waals surface area contributed by atoms with Gasteiger partial charge in [-0.1, -0.05) is 13.0 Å². The maximum atomic E-state index is 10.9. The zero-order valence-electron chi connectivity index (χ0n) is 19.7. The van der Waals surface area contributed by atoms with Gasteiger partial charge in [-0.15, -0.1) is 0 Å². The van der Waals surface area contributed by atoms with E-state index in [1.807, 2.05) is 25.1 Å². The molecule has 1 aromatic heterocycles. The van der Waals surface area contributed by atoms with E-state index in [2.05, 4.69) is 45.4 Å². The van der Waals surface area contributed by atoms with Gasteiger partial charge in [0, 0.05) is 61.7 Å². The number of H-pyrrole nitrogens is 1. The van der Waals surface area contributed by atoms with E-state index < -0.39 is 4.92 Å². The van der Waals surface area contributed by atoms with Gasteiger partial charge in [-0.2, -0.15) is 10.1 Å². The summed E-state index contributed by atoms with van der Waals surface area (Å²) in [6, 6.07) is 8.37. The second kappa shape index (κ2) is 10.4. The number of aryl methyl sites for hydroxylation is 1. The molecule has 1 saturated heterocycles. The van der Waals surface area contributed by atoms with Crippen molar-refractivity contribution in [3.8, 4) is 0 Å². The first-order valence-electron chi connectivity index (χ1n) is 11.4. The molecule has 1 fully saturated rings. The Morgan fingerprint density at radius 2 is 1.88 bits per heavy atom. The number of nitro benzene ring substituents is 1. The molecule has 0 spiro atoms. The van der Waals surface area contributed by atoms with Gasteiger partial charge in [0.15, 0.2) is 5.82 Å². The van der Waals surface area contributed by atoms with Crippen LogP contribution in [0.5, 0.6) is 0 Å². The molecule has 1 aromatic carbocycles. The number of hydrogen-bond donors (Lipinski definition) is 2. The van der Waals surface area contributed by atoms with Crippen LogP contribution in [0.1, 0.15) is 24.6 Å². The van der Waals surface area contributed by atoms with Crippen molar-refractivity contribution in [3.05, 3.63) is 69.7 Å². The number of nitrogens with one attached hydrogen (secondary N) is 2. The normalized spacial score (nSPS) is 21.3. The van der Waals surface area contributed by atoms with Gasteiger partial charge in [-0.05, 0) is 50.2 Å². The van der Waals surface area contributed by atoms with Crippen LogP contribution in [-0.4, -0.2) is 69.8 Å². The van der Waals surface area contributed by atoms with Crippen LogP contribution in [0.2, 0.25) is 0 Å². The number of piperazine rings is 1. The standard InChI is InChI=1S/C24H30N8O2/c1-17-4-11-23(31-14-12-30(3)13-15-31)27-24(26-22-16-18(2)28-29-22)25-21(17)10-7-19-5-8-20(9-6-19)32(33)34/h5-11,16-17H,4,12-15H2,1-3H3,(H2,26,27,28,29)/b10-7+,23-11-,25-21?. The van der Waals surface area contributed by atoms with Crippen LogP contribution >= 0.6 is 0 Å². The number of benzene rings is 1. The highest BCUT2D eigenvalue weighted by molar-refractivity contribution is 6.09. The molecule has 2 aliphatic rings. The summed E-state index contributed by atoms with van der Waals surface area (Å²) in [4.78, 5) is 24.9. The monoisotopic (exact) mass is 462 g/mol. The van der Waals surface area contributed by atoms with E-state index >= 15 is 0 Å². The molecule has 4 rings (SSSR count). The number of aliphatic imine (C=N–C) groups is 2. The van der Waals surface area contributed by atoms with Crippen molar-refractivity contribution in [1.29, 1.82) is 0 Å².